The van der Waals surface area contributed by atoms with Crippen LogP contribution in [0.15, 0.2) is 40.9 Å². The van der Waals surface area contributed by atoms with Crippen molar-refractivity contribution in [3.63, 3.8) is 0 Å². The van der Waals surface area contributed by atoms with E-state index in [1.165, 1.54) is 7.11 Å². The van der Waals surface area contributed by atoms with Crippen molar-refractivity contribution in [1.82, 2.24) is 0 Å². The second kappa shape index (κ2) is 6.96. The van der Waals surface area contributed by atoms with Crippen molar-refractivity contribution < 1.29 is 14.3 Å². The molecule has 5 heteroatoms. The summed E-state index contributed by atoms with van der Waals surface area (Å²) in [5, 5.41) is 0.305. The molecule has 21 heavy (non-hydrogen) atoms. The van der Waals surface area contributed by atoms with Gasteiger partial charge in [0.1, 0.15) is 11.5 Å². The third kappa shape index (κ3) is 3.57. The second-order valence-corrected chi connectivity index (χ2v) is 5.55. The SMILES string of the molecule is CCOc1ccc(C(=O)c2cc(Br)cc(OC)c2Cl)cc1. The first-order valence-corrected chi connectivity index (χ1v) is 7.54. The number of hydrogen-bond acceptors (Lipinski definition) is 3. The van der Waals surface area contributed by atoms with Gasteiger partial charge < -0.3 is 9.47 Å². The van der Waals surface area contributed by atoms with E-state index in [1.54, 1.807) is 36.4 Å². The Balaban J connectivity index is 2.37. The Morgan fingerprint density at radius 1 is 1.24 bits per heavy atom. The minimum absolute atomic E-state index is 0.164. The lowest BCUT2D eigenvalue weighted by Gasteiger charge is -2.10. The van der Waals surface area contributed by atoms with Gasteiger partial charge in [-0.1, -0.05) is 27.5 Å². The lowest BCUT2D eigenvalue weighted by atomic mass is 10.0. The Labute approximate surface area is 137 Å². The number of benzene rings is 2. The van der Waals surface area contributed by atoms with E-state index in [2.05, 4.69) is 15.9 Å². The van der Waals surface area contributed by atoms with Gasteiger partial charge in [0.05, 0.1) is 18.7 Å². The topological polar surface area (TPSA) is 35.5 Å². The van der Waals surface area contributed by atoms with E-state index in [4.69, 9.17) is 21.1 Å². The van der Waals surface area contributed by atoms with Crippen molar-refractivity contribution in [3.8, 4) is 11.5 Å². The molecule has 0 aliphatic rings. The standard InChI is InChI=1S/C16H14BrClO3/c1-3-21-12-6-4-10(5-7-12)16(19)13-8-11(17)9-14(20-2)15(13)18/h4-9H,3H2,1-2H3. The molecule has 0 aromatic heterocycles. The van der Waals surface area contributed by atoms with E-state index >= 15 is 0 Å². The predicted octanol–water partition coefficient (Wildman–Crippen LogP) is 4.74. The van der Waals surface area contributed by atoms with Crippen molar-refractivity contribution in [3.05, 3.63) is 57.0 Å². The largest absolute Gasteiger partial charge is 0.495 e. The highest BCUT2D eigenvalue weighted by molar-refractivity contribution is 9.10. The second-order valence-electron chi connectivity index (χ2n) is 4.26. The van der Waals surface area contributed by atoms with Crippen molar-refractivity contribution in [2.24, 2.45) is 0 Å². The summed E-state index contributed by atoms with van der Waals surface area (Å²) in [5.74, 6) is 1.02. The Kier molecular flexibility index (Phi) is 5.26. The lowest BCUT2D eigenvalue weighted by molar-refractivity contribution is 0.103. The predicted molar refractivity (Wildman–Crippen MR) is 86.7 cm³/mol. The monoisotopic (exact) mass is 368 g/mol. The number of ether oxygens (including phenoxy) is 2. The van der Waals surface area contributed by atoms with Gasteiger partial charge in [0.2, 0.25) is 0 Å². The van der Waals surface area contributed by atoms with Crippen LogP contribution in [0.25, 0.3) is 0 Å². The Hall–Kier alpha value is -1.52. The molecule has 2 rings (SSSR count). The first-order chi connectivity index (χ1) is 10.1. The van der Waals surface area contributed by atoms with E-state index < -0.39 is 0 Å². The van der Waals surface area contributed by atoms with Crippen LogP contribution in [-0.4, -0.2) is 19.5 Å². The quantitative estimate of drug-likeness (QED) is 0.714. The van der Waals surface area contributed by atoms with Gasteiger partial charge in [0.15, 0.2) is 5.78 Å². The molecule has 0 bridgehead atoms. The lowest BCUT2D eigenvalue weighted by Crippen LogP contribution is -2.03. The Morgan fingerprint density at radius 3 is 2.48 bits per heavy atom. The van der Waals surface area contributed by atoms with Crippen LogP contribution >= 0.6 is 27.5 Å². The zero-order valence-electron chi connectivity index (χ0n) is 11.7. The van der Waals surface area contributed by atoms with E-state index in [1.807, 2.05) is 6.92 Å². The number of rotatable bonds is 5. The molecule has 3 nitrogen and oxygen atoms in total. The average molecular weight is 370 g/mol. The van der Waals surface area contributed by atoms with Gasteiger partial charge in [-0.3, -0.25) is 4.79 Å². The molecule has 2 aromatic carbocycles. The molecule has 0 heterocycles. The van der Waals surface area contributed by atoms with Crippen LogP contribution in [0.2, 0.25) is 5.02 Å². The Morgan fingerprint density at radius 2 is 1.90 bits per heavy atom. The number of methoxy groups -OCH3 is 1. The van der Waals surface area contributed by atoms with Gasteiger partial charge >= 0.3 is 0 Å². The van der Waals surface area contributed by atoms with Gasteiger partial charge in [-0.15, -0.1) is 0 Å². The van der Waals surface area contributed by atoms with Crippen molar-refractivity contribution in [2.45, 2.75) is 6.92 Å². The van der Waals surface area contributed by atoms with Crippen LogP contribution in [0.5, 0.6) is 11.5 Å². The summed E-state index contributed by atoms with van der Waals surface area (Å²) in [6.45, 7) is 2.49. The summed E-state index contributed by atoms with van der Waals surface area (Å²) in [5.41, 5.74) is 0.938. The molecule has 0 fully saturated rings. The van der Waals surface area contributed by atoms with Gasteiger partial charge in [-0.2, -0.15) is 0 Å². The average Bonchev–Trinajstić information content (AvgIpc) is 2.49. The number of carbonyl (C=O) groups is 1. The van der Waals surface area contributed by atoms with E-state index in [-0.39, 0.29) is 5.78 Å². The van der Waals surface area contributed by atoms with E-state index in [0.29, 0.717) is 28.5 Å². The fourth-order valence-electron chi connectivity index (χ4n) is 1.90. The summed E-state index contributed by atoms with van der Waals surface area (Å²) in [4.78, 5) is 12.6. The molecule has 0 spiro atoms. The van der Waals surface area contributed by atoms with E-state index in [0.717, 1.165) is 10.2 Å². The molecule has 0 amide bonds. The molecule has 0 radical (unpaired) electrons. The highest BCUT2D eigenvalue weighted by Gasteiger charge is 2.17. The molecular weight excluding hydrogens is 356 g/mol. The maximum atomic E-state index is 12.6. The molecule has 110 valence electrons. The Bertz CT molecular complexity index is 653. The van der Waals surface area contributed by atoms with Crippen molar-refractivity contribution in [2.75, 3.05) is 13.7 Å². The summed E-state index contributed by atoms with van der Waals surface area (Å²) >= 11 is 9.57. The van der Waals surface area contributed by atoms with Crippen LogP contribution in [0.4, 0.5) is 0 Å². The third-order valence-corrected chi connectivity index (χ3v) is 3.74. The molecule has 0 unspecified atom stereocenters. The van der Waals surface area contributed by atoms with Crippen molar-refractivity contribution >= 4 is 33.3 Å². The third-order valence-electron chi connectivity index (χ3n) is 2.90. The number of halogens is 2. The van der Waals surface area contributed by atoms with Gasteiger partial charge in [0, 0.05) is 15.6 Å². The van der Waals surface area contributed by atoms with E-state index in [9.17, 15) is 4.79 Å². The molecule has 0 atom stereocenters. The first kappa shape index (κ1) is 15.9. The van der Waals surface area contributed by atoms with Gasteiger partial charge in [0.25, 0.3) is 0 Å². The molecule has 0 saturated heterocycles. The summed E-state index contributed by atoms with van der Waals surface area (Å²) in [6.07, 6.45) is 0. The highest BCUT2D eigenvalue weighted by atomic mass is 79.9. The maximum absolute atomic E-state index is 12.6. The van der Waals surface area contributed by atoms with Crippen LogP contribution in [0.1, 0.15) is 22.8 Å². The fourth-order valence-corrected chi connectivity index (χ4v) is 2.61. The minimum Gasteiger partial charge on any atom is -0.495 e. The normalized spacial score (nSPS) is 10.3. The van der Waals surface area contributed by atoms with Gasteiger partial charge in [-0.05, 0) is 43.3 Å². The zero-order valence-corrected chi connectivity index (χ0v) is 14.0. The molecule has 0 N–H and O–H groups in total. The molecule has 2 aromatic rings. The fraction of sp³-hybridized carbons (Fsp3) is 0.188. The van der Waals surface area contributed by atoms with Crippen LogP contribution in [-0.2, 0) is 0 Å². The van der Waals surface area contributed by atoms with Crippen LogP contribution in [0.3, 0.4) is 0 Å². The zero-order chi connectivity index (χ0) is 15.4. The number of ketones is 1. The number of carbonyl (C=O) groups excluding carboxylic acids is 1. The van der Waals surface area contributed by atoms with Crippen LogP contribution < -0.4 is 9.47 Å². The molecule has 0 saturated carbocycles. The van der Waals surface area contributed by atoms with Gasteiger partial charge in [-0.25, -0.2) is 0 Å². The van der Waals surface area contributed by atoms with Crippen molar-refractivity contribution in [1.29, 1.82) is 0 Å². The summed E-state index contributed by atoms with van der Waals surface area (Å²) in [7, 11) is 1.51. The smallest absolute Gasteiger partial charge is 0.194 e. The summed E-state index contributed by atoms with van der Waals surface area (Å²) < 4.78 is 11.3. The molecular formula is C16H14BrClO3. The minimum atomic E-state index is -0.164. The van der Waals surface area contributed by atoms with Crippen LogP contribution in [0, 0.1) is 0 Å². The first-order valence-electron chi connectivity index (χ1n) is 6.37. The maximum Gasteiger partial charge on any atom is 0.194 e. The molecule has 0 aliphatic heterocycles. The molecule has 0 aliphatic carbocycles. The summed E-state index contributed by atoms with van der Waals surface area (Å²) in [6, 6.07) is 10.4. The number of hydrogen-bond donors (Lipinski definition) is 0. The highest BCUT2D eigenvalue weighted by Crippen LogP contribution is 2.33.